The fourth-order valence-electron chi connectivity index (χ4n) is 0.750. The molecular weight excluding hydrogens is 334 g/mol. The van der Waals surface area contributed by atoms with Gasteiger partial charge >= 0.3 is 75.3 Å². The van der Waals surface area contributed by atoms with Crippen LogP contribution in [0.1, 0.15) is 0 Å². The van der Waals surface area contributed by atoms with E-state index in [-0.39, 0.29) is 0 Å². The summed E-state index contributed by atoms with van der Waals surface area (Å²) in [6.45, 7) is 0. The second kappa shape index (κ2) is 4.01. The van der Waals surface area contributed by atoms with Crippen molar-refractivity contribution in [2.24, 2.45) is 0 Å². The molecule has 0 unspecified atom stereocenters. The fourth-order valence-corrected chi connectivity index (χ4v) is 33.7. The second-order valence-corrected chi connectivity index (χ2v) is 37.7. The molecule has 0 saturated carbocycles. The molecule has 0 aromatic rings. The van der Waals surface area contributed by atoms with Gasteiger partial charge in [-0.1, -0.05) is 0 Å². The first kappa shape index (κ1) is 11.6. The average Bonchev–Trinajstić information content (AvgIpc) is 1.57. The third kappa shape index (κ3) is 9.60. The van der Waals surface area contributed by atoms with Gasteiger partial charge in [0, 0.05) is 0 Å². The molecule has 0 nitrogen and oxygen atoms in total. The monoisotopic (exact) mass is 358 g/mol. The minimum absolute atomic E-state index is 1.37. The van der Waals surface area contributed by atoms with Gasteiger partial charge in [-0.2, -0.15) is 0 Å². The molecule has 0 amide bonds. The van der Waals surface area contributed by atoms with Crippen molar-refractivity contribution in [3.63, 3.8) is 0 Å². The quantitative estimate of drug-likeness (QED) is 0.678. The van der Waals surface area contributed by atoms with Gasteiger partial charge in [-0.3, -0.25) is 0 Å². The third-order valence-corrected chi connectivity index (χ3v) is 15.7. The van der Waals surface area contributed by atoms with Gasteiger partial charge in [0.05, 0.1) is 0 Å². The van der Waals surface area contributed by atoms with Crippen molar-refractivity contribution < 1.29 is 0 Å². The Morgan fingerprint density at radius 3 is 0.900 bits per heavy atom. The Labute approximate surface area is 74.5 Å². The van der Waals surface area contributed by atoms with Gasteiger partial charge in [-0.05, 0) is 0 Å². The Morgan fingerprint density at radius 1 is 0.600 bits per heavy atom. The number of rotatable bonds is 3. The second-order valence-electron chi connectivity index (χ2n) is 5.62. The van der Waals surface area contributed by atoms with Crippen molar-refractivity contribution in [1.82, 2.24) is 0 Å². The summed E-state index contributed by atoms with van der Waals surface area (Å²) in [5.74, 6) is 0. The molecule has 0 atom stereocenters. The molecule has 0 aromatic heterocycles. The maximum absolute atomic E-state index is 2.55. The first-order valence-corrected chi connectivity index (χ1v) is 25.4. The predicted molar refractivity (Wildman–Crippen MR) is 56.3 cm³/mol. The Balaban J connectivity index is 3.56. The summed E-state index contributed by atoms with van der Waals surface area (Å²) in [6.07, 6.45) is 0. The zero-order valence-corrected chi connectivity index (χ0v) is 14.1. The van der Waals surface area contributed by atoms with Gasteiger partial charge in [0.1, 0.15) is 0 Å². The zero-order valence-electron chi connectivity index (χ0n) is 8.41. The molecule has 0 spiro atoms. The summed E-state index contributed by atoms with van der Waals surface area (Å²) < 4.78 is 3.27. The molecule has 0 radical (unpaired) electrons. The average molecular weight is 356 g/mol. The van der Waals surface area contributed by atoms with E-state index in [9.17, 15) is 0 Å². The summed E-state index contributed by atoms with van der Waals surface area (Å²) in [5.41, 5.74) is 0. The van der Waals surface area contributed by atoms with E-state index in [1.54, 1.807) is 8.87 Å². The third-order valence-electron chi connectivity index (χ3n) is 1.62. The summed E-state index contributed by atoms with van der Waals surface area (Å²) in [4.78, 5) is 15.3. The van der Waals surface area contributed by atoms with E-state index in [0.717, 1.165) is 0 Å². The van der Waals surface area contributed by atoms with Gasteiger partial charge in [0.25, 0.3) is 0 Å². The number of hydrogen-bond donors (Lipinski definition) is 0. The predicted octanol–water partition coefficient (Wildman–Crippen LogP) is 3.66. The Hall–Kier alpha value is 1.60. The van der Waals surface area contributed by atoms with Gasteiger partial charge in [0.15, 0.2) is 0 Å². The van der Waals surface area contributed by atoms with Crippen molar-refractivity contribution in [3.8, 4) is 0 Å². The van der Waals surface area contributed by atoms with E-state index in [0.29, 0.717) is 0 Å². The zero-order chi connectivity index (χ0) is 8.41. The molecule has 10 heavy (non-hydrogen) atoms. The van der Waals surface area contributed by atoms with E-state index in [4.69, 9.17) is 0 Å². The van der Waals surface area contributed by atoms with Gasteiger partial charge < -0.3 is 0 Å². The molecule has 62 valence electrons. The first-order valence-electron chi connectivity index (χ1n) is 4.21. The van der Waals surface area contributed by atoms with Crippen LogP contribution in [0.5, 0.6) is 0 Å². The fraction of sp³-hybridized carbons (Fsp3) is 1.00. The van der Waals surface area contributed by atoms with Crippen LogP contribution < -0.4 is 0 Å². The molecule has 0 aliphatic rings. The standard InChI is InChI=1S/C2H4.6CH3.2Sn/c1-2;;;;;;;;/h1-2H2;6*1H3;;. The molecule has 0 N–H and O–H groups in total. The SMILES string of the molecule is [CH3][Sn]([CH3])([CH3])[CH2][CH2][Sn]([CH3])([CH3])[CH3]. The van der Waals surface area contributed by atoms with Crippen LogP contribution in [0.4, 0.5) is 0 Å². The van der Waals surface area contributed by atoms with Gasteiger partial charge in [0.2, 0.25) is 0 Å². The van der Waals surface area contributed by atoms with E-state index in [1.165, 1.54) is 0 Å². The van der Waals surface area contributed by atoms with Crippen LogP contribution in [-0.2, 0) is 0 Å². The van der Waals surface area contributed by atoms with Crippen LogP contribution in [0.3, 0.4) is 0 Å². The van der Waals surface area contributed by atoms with Crippen molar-refractivity contribution in [3.05, 3.63) is 0 Å². The Bertz CT molecular complexity index is 80.8. The normalized spacial score (nSPS) is 13.8. The molecule has 0 rings (SSSR count). The van der Waals surface area contributed by atoms with Crippen LogP contribution in [0.25, 0.3) is 0 Å². The van der Waals surface area contributed by atoms with Gasteiger partial charge in [-0.25, -0.2) is 0 Å². The summed E-state index contributed by atoms with van der Waals surface area (Å²) in [7, 11) is 0. The van der Waals surface area contributed by atoms with Gasteiger partial charge in [-0.15, -0.1) is 0 Å². The Morgan fingerprint density at radius 2 is 0.800 bits per heavy atom. The van der Waals surface area contributed by atoms with E-state index < -0.39 is 36.8 Å². The molecule has 0 saturated heterocycles. The van der Waals surface area contributed by atoms with Crippen molar-refractivity contribution in [1.29, 1.82) is 0 Å². The summed E-state index contributed by atoms with van der Waals surface area (Å²) in [6, 6.07) is 0. The van der Waals surface area contributed by atoms with E-state index >= 15 is 0 Å². The molecular formula is C8H22Sn2. The topological polar surface area (TPSA) is 0 Å². The molecule has 0 heterocycles. The maximum atomic E-state index is 2.55. The first-order chi connectivity index (χ1) is 4.21. The van der Waals surface area contributed by atoms with Crippen LogP contribution in [-0.4, -0.2) is 36.8 Å². The molecule has 0 aliphatic carbocycles. The van der Waals surface area contributed by atoms with Crippen molar-refractivity contribution >= 4 is 36.8 Å². The Kier molecular flexibility index (Phi) is 4.65. The molecule has 2 heteroatoms. The van der Waals surface area contributed by atoms with Crippen LogP contribution >= 0.6 is 0 Å². The molecule has 0 bridgehead atoms. The molecule has 0 aliphatic heterocycles. The number of hydrogen-bond acceptors (Lipinski definition) is 0. The summed E-state index contributed by atoms with van der Waals surface area (Å²) >= 11 is -2.73. The van der Waals surface area contributed by atoms with Crippen LogP contribution in [0.2, 0.25) is 38.5 Å². The van der Waals surface area contributed by atoms with Crippen molar-refractivity contribution in [2.75, 3.05) is 0 Å². The van der Waals surface area contributed by atoms with E-state index in [1.807, 2.05) is 0 Å². The molecule has 0 aromatic carbocycles. The van der Waals surface area contributed by atoms with E-state index in [2.05, 4.69) is 29.6 Å². The minimum atomic E-state index is -1.37. The van der Waals surface area contributed by atoms with Crippen molar-refractivity contribution in [2.45, 2.75) is 38.5 Å². The van der Waals surface area contributed by atoms with Crippen LogP contribution in [0, 0.1) is 0 Å². The molecule has 0 fully saturated rings. The summed E-state index contributed by atoms with van der Waals surface area (Å²) in [5, 5.41) is 0. The van der Waals surface area contributed by atoms with Crippen LogP contribution in [0.15, 0.2) is 0 Å².